The quantitative estimate of drug-likeness (QED) is 0.873. The third-order valence-corrected chi connectivity index (χ3v) is 3.19. The summed E-state index contributed by atoms with van der Waals surface area (Å²) in [5.41, 5.74) is 3.15. The minimum absolute atomic E-state index is 0.658. The maximum absolute atomic E-state index is 8.94. The Balaban J connectivity index is 2.02. The SMILES string of the molecule is CC(C)CNCc1cccn1Cc1cccc(C#N)c1. The van der Waals surface area contributed by atoms with E-state index in [2.05, 4.69) is 54.2 Å². The van der Waals surface area contributed by atoms with E-state index in [4.69, 9.17) is 5.26 Å². The summed E-state index contributed by atoms with van der Waals surface area (Å²) in [6.07, 6.45) is 2.09. The van der Waals surface area contributed by atoms with Gasteiger partial charge >= 0.3 is 0 Å². The first-order chi connectivity index (χ1) is 9.69. The van der Waals surface area contributed by atoms with E-state index < -0.39 is 0 Å². The van der Waals surface area contributed by atoms with Crippen molar-refractivity contribution >= 4 is 0 Å². The van der Waals surface area contributed by atoms with Crippen LogP contribution in [0, 0.1) is 17.2 Å². The molecule has 1 N–H and O–H groups in total. The molecule has 0 unspecified atom stereocenters. The molecule has 104 valence electrons. The van der Waals surface area contributed by atoms with Gasteiger partial charge in [-0.25, -0.2) is 0 Å². The van der Waals surface area contributed by atoms with Gasteiger partial charge in [0.05, 0.1) is 11.6 Å². The van der Waals surface area contributed by atoms with Gasteiger partial charge in [0.2, 0.25) is 0 Å². The van der Waals surface area contributed by atoms with Gasteiger partial charge in [-0.05, 0) is 42.3 Å². The van der Waals surface area contributed by atoms with Crippen molar-refractivity contribution in [1.82, 2.24) is 9.88 Å². The van der Waals surface area contributed by atoms with E-state index in [0.717, 1.165) is 25.2 Å². The van der Waals surface area contributed by atoms with Gasteiger partial charge in [0.15, 0.2) is 0 Å². The van der Waals surface area contributed by atoms with Gasteiger partial charge in [-0.3, -0.25) is 0 Å². The predicted octanol–water partition coefficient (Wildman–Crippen LogP) is 3.15. The molecule has 20 heavy (non-hydrogen) atoms. The molecule has 0 radical (unpaired) electrons. The molecule has 0 aliphatic rings. The van der Waals surface area contributed by atoms with Gasteiger partial charge in [0, 0.05) is 25.0 Å². The van der Waals surface area contributed by atoms with Crippen LogP contribution in [0.4, 0.5) is 0 Å². The fourth-order valence-electron chi connectivity index (χ4n) is 2.19. The van der Waals surface area contributed by atoms with Crippen LogP contribution in [0.5, 0.6) is 0 Å². The molecule has 1 heterocycles. The van der Waals surface area contributed by atoms with Crippen LogP contribution >= 0.6 is 0 Å². The number of hydrogen-bond donors (Lipinski definition) is 1. The first-order valence-corrected chi connectivity index (χ1v) is 7.03. The summed E-state index contributed by atoms with van der Waals surface area (Å²) in [5.74, 6) is 0.658. The summed E-state index contributed by atoms with van der Waals surface area (Å²) in [7, 11) is 0. The molecule has 0 atom stereocenters. The Morgan fingerprint density at radius 2 is 2.10 bits per heavy atom. The molecule has 0 saturated heterocycles. The van der Waals surface area contributed by atoms with Gasteiger partial charge in [0.25, 0.3) is 0 Å². The minimum atomic E-state index is 0.658. The molecule has 0 aliphatic heterocycles. The van der Waals surface area contributed by atoms with Crippen molar-refractivity contribution in [2.45, 2.75) is 26.9 Å². The highest BCUT2D eigenvalue weighted by molar-refractivity contribution is 5.33. The van der Waals surface area contributed by atoms with Gasteiger partial charge in [-0.1, -0.05) is 26.0 Å². The van der Waals surface area contributed by atoms with Crippen LogP contribution in [0.1, 0.15) is 30.7 Å². The molecule has 0 bridgehead atoms. The Kier molecular flexibility index (Phi) is 4.97. The summed E-state index contributed by atoms with van der Waals surface area (Å²) < 4.78 is 2.23. The number of hydrogen-bond acceptors (Lipinski definition) is 2. The number of nitriles is 1. The topological polar surface area (TPSA) is 40.8 Å². The zero-order valence-corrected chi connectivity index (χ0v) is 12.1. The first-order valence-electron chi connectivity index (χ1n) is 7.03. The number of nitrogens with one attached hydrogen (secondary N) is 1. The molecular weight excluding hydrogens is 246 g/mol. The van der Waals surface area contributed by atoms with Gasteiger partial charge in [-0.15, -0.1) is 0 Å². The average molecular weight is 267 g/mol. The second kappa shape index (κ2) is 6.93. The number of rotatable bonds is 6. The third kappa shape index (κ3) is 3.97. The molecule has 2 rings (SSSR count). The Morgan fingerprint density at radius 1 is 1.25 bits per heavy atom. The van der Waals surface area contributed by atoms with Gasteiger partial charge in [-0.2, -0.15) is 5.26 Å². The van der Waals surface area contributed by atoms with Crippen molar-refractivity contribution in [3.05, 3.63) is 59.4 Å². The molecule has 0 spiro atoms. The second-order valence-corrected chi connectivity index (χ2v) is 5.46. The normalized spacial score (nSPS) is 10.7. The van der Waals surface area contributed by atoms with Crippen molar-refractivity contribution < 1.29 is 0 Å². The first kappa shape index (κ1) is 14.4. The Bertz CT molecular complexity index is 590. The number of benzene rings is 1. The Morgan fingerprint density at radius 3 is 2.85 bits per heavy atom. The molecule has 1 aromatic heterocycles. The lowest BCUT2D eigenvalue weighted by Crippen LogP contribution is -2.20. The highest BCUT2D eigenvalue weighted by Gasteiger charge is 2.03. The molecule has 0 saturated carbocycles. The Labute approximate surface area is 120 Å². The summed E-state index contributed by atoms with van der Waals surface area (Å²) >= 11 is 0. The third-order valence-electron chi connectivity index (χ3n) is 3.19. The summed E-state index contributed by atoms with van der Waals surface area (Å²) in [6, 6.07) is 14.2. The van der Waals surface area contributed by atoms with E-state index >= 15 is 0 Å². The van der Waals surface area contributed by atoms with E-state index in [1.54, 1.807) is 0 Å². The van der Waals surface area contributed by atoms with Gasteiger partial charge < -0.3 is 9.88 Å². The molecule has 0 aliphatic carbocycles. The van der Waals surface area contributed by atoms with Crippen LogP contribution in [0.3, 0.4) is 0 Å². The molecule has 1 aromatic carbocycles. The summed E-state index contributed by atoms with van der Waals surface area (Å²) in [5, 5.41) is 12.4. The van der Waals surface area contributed by atoms with E-state index in [-0.39, 0.29) is 0 Å². The lowest BCUT2D eigenvalue weighted by molar-refractivity contribution is 0.539. The minimum Gasteiger partial charge on any atom is -0.346 e. The fourth-order valence-corrected chi connectivity index (χ4v) is 2.19. The van der Waals surface area contributed by atoms with Crippen molar-refractivity contribution in [1.29, 1.82) is 5.26 Å². The highest BCUT2D eigenvalue weighted by atomic mass is 15.0. The van der Waals surface area contributed by atoms with Crippen LogP contribution in [-0.2, 0) is 13.1 Å². The lowest BCUT2D eigenvalue weighted by Gasteiger charge is -2.12. The maximum atomic E-state index is 8.94. The second-order valence-electron chi connectivity index (χ2n) is 5.46. The van der Waals surface area contributed by atoms with Crippen LogP contribution in [0.25, 0.3) is 0 Å². The standard InChI is InChI=1S/C17H21N3/c1-14(2)11-19-12-17-7-4-8-20(17)13-16-6-3-5-15(9-16)10-18/h3-9,14,19H,11-13H2,1-2H3. The van der Waals surface area contributed by atoms with Crippen LogP contribution in [-0.4, -0.2) is 11.1 Å². The van der Waals surface area contributed by atoms with Gasteiger partial charge in [0.1, 0.15) is 0 Å². The smallest absolute Gasteiger partial charge is 0.0991 e. The van der Waals surface area contributed by atoms with Crippen LogP contribution < -0.4 is 5.32 Å². The highest BCUT2D eigenvalue weighted by Crippen LogP contribution is 2.10. The maximum Gasteiger partial charge on any atom is 0.0991 e. The molecule has 0 amide bonds. The molecule has 2 aromatic rings. The molecule has 0 fully saturated rings. The largest absolute Gasteiger partial charge is 0.346 e. The molecule has 3 heteroatoms. The summed E-state index contributed by atoms with van der Waals surface area (Å²) in [6.45, 7) is 7.12. The lowest BCUT2D eigenvalue weighted by atomic mass is 10.1. The number of nitrogens with zero attached hydrogens (tertiary/aromatic N) is 2. The van der Waals surface area contributed by atoms with E-state index in [0.29, 0.717) is 11.5 Å². The van der Waals surface area contributed by atoms with Crippen LogP contribution in [0.15, 0.2) is 42.6 Å². The molecular formula is C17H21N3. The van der Waals surface area contributed by atoms with E-state index in [1.165, 1.54) is 5.69 Å². The fraction of sp³-hybridized carbons (Fsp3) is 0.353. The average Bonchev–Trinajstić information content (AvgIpc) is 2.86. The van der Waals surface area contributed by atoms with E-state index in [1.807, 2.05) is 18.2 Å². The predicted molar refractivity (Wildman–Crippen MR) is 81.2 cm³/mol. The number of aromatic nitrogens is 1. The zero-order valence-electron chi connectivity index (χ0n) is 12.1. The molecule has 3 nitrogen and oxygen atoms in total. The van der Waals surface area contributed by atoms with Crippen molar-refractivity contribution in [3.8, 4) is 6.07 Å². The van der Waals surface area contributed by atoms with Crippen LogP contribution in [0.2, 0.25) is 0 Å². The zero-order chi connectivity index (χ0) is 14.4. The summed E-state index contributed by atoms with van der Waals surface area (Å²) in [4.78, 5) is 0. The monoisotopic (exact) mass is 267 g/mol. The van der Waals surface area contributed by atoms with Crippen molar-refractivity contribution in [2.24, 2.45) is 5.92 Å². The van der Waals surface area contributed by atoms with Crippen molar-refractivity contribution in [3.63, 3.8) is 0 Å². The van der Waals surface area contributed by atoms with Crippen molar-refractivity contribution in [2.75, 3.05) is 6.54 Å². The Hall–Kier alpha value is -2.05. The van der Waals surface area contributed by atoms with E-state index in [9.17, 15) is 0 Å².